The van der Waals surface area contributed by atoms with Crippen LogP contribution in [0.4, 0.5) is 0 Å². The first-order valence-electron chi connectivity index (χ1n) is 7.29. The highest BCUT2D eigenvalue weighted by Gasteiger charge is 2.19. The van der Waals surface area contributed by atoms with Crippen molar-refractivity contribution in [3.8, 4) is 6.07 Å². The third-order valence-corrected chi connectivity index (χ3v) is 4.12. The highest BCUT2D eigenvalue weighted by molar-refractivity contribution is 4.87. The summed E-state index contributed by atoms with van der Waals surface area (Å²) in [7, 11) is 4.37. The van der Waals surface area contributed by atoms with Gasteiger partial charge in [0.15, 0.2) is 0 Å². The highest BCUT2D eigenvalue weighted by Crippen LogP contribution is 2.19. The lowest BCUT2D eigenvalue weighted by atomic mass is 9.94. The molecule has 0 radical (unpaired) electrons. The van der Waals surface area contributed by atoms with Crippen molar-refractivity contribution in [2.45, 2.75) is 33.1 Å². The standard InChI is InChI=1S/C15H29N3/c1-13(2)15(10-16)12-18(4)9-7-14-6-5-8-17(3)11-14/h13-15H,5-9,11-12H2,1-4H3. The second-order valence-corrected chi connectivity index (χ2v) is 6.30. The van der Waals surface area contributed by atoms with Gasteiger partial charge in [0.25, 0.3) is 0 Å². The average Bonchev–Trinajstić information content (AvgIpc) is 2.33. The number of nitrogens with zero attached hydrogens (tertiary/aromatic N) is 3. The minimum Gasteiger partial charge on any atom is -0.306 e. The second-order valence-electron chi connectivity index (χ2n) is 6.30. The van der Waals surface area contributed by atoms with Crippen LogP contribution >= 0.6 is 0 Å². The van der Waals surface area contributed by atoms with E-state index in [2.05, 4.69) is 43.8 Å². The van der Waals surface area contributed by atoms with Crippen molar-refractivity contribution in [1.29, 1.82) is 5.26 Å². The van der Waals surface area contributed by atoms with E-state index in [1.807, 2.05) is 0 Å². The Balaban J connectivity index is 2.24. The highest BCUT2D eigenvalue weighted by atomic mass is 15.1. The van der Waals surface area contributed by atoms with Gasteiger partial charge in [-0.15, -0.1) is 0 Å². The SMILES string of the molecule is CC(C)C(C#N)CN(C)CCC1CCCN(C)C1. The van der Waals surface area contributed by atoms with E-state index < -0.39 is 0 Å². The third-order valence-electron chi connectivity index (χ3n) is 4.12. The molecule has 1 saturated heterocycles. The Bertz CT molecular complexity index is 269. The zero-order chi connectivity index (χ0) is 13.5. The molecule has 0 aromatic heterocycles. The summed E-state index contributed by atoms with van der Waals surface area (Å²) in [4.78, 5) is 4.78. The summed E-state index contributed by atoms with van der Waals surface area (Å²) in [5.41, 5.74) is 0. The molecule has 0 saturated carbocycles. The van der Waals surface area contributed by atoms with Crippen molar-refractivity contribution >= 4 is 0 Å². The van der Waals surface area contributed by atoms with E-state index in [1.165, 1.54) is 32.4 Å². The molecule has 0 bridgehead atoms. The van der Waals surface area contributed by atoms with Crippen LogP contribution in [-0.2, 0) is 0 Å². The predicted octanol–water partition coefficient (Wildman–Crippen LogP) is 2.45. The van der Waals surface area contributed by atoms with Crippen molar-refractivity contribution in [2.75, 3.05) is 40.3 Å². The second kappa shape index (κ2) is 7.76. The summed E-state index contributed by atoms with van der Waals surface area (Å²) in [5, 5.41) is 9.11. The Morgan fingerprint density at radius 3 is 2.72 bits per heavy atom. The van der Waals surface area contributed by atoms with Crippen LogP contribution in [0, 0.1) is 29.1 Å². The maximum absolute atomic E-state index is 9.11. The van der Waals surface area contributed by atoms with E-state index >= 15 is 0 Å². The fraction of sp³-hybridized carbons (Fsp3) is 0.933. The number of piperidine rings is 1. The number of nitriles is 1. The molecule has 2 unspecified atom stereocenters. The van der Waals surface area contributed by atoms with Gasteiger partial charge in [0, 0.05) is 13.1 Å². The third kappa shape index (κ3) is 5.37. The number of rotatable bonds is 6. The topological polar surface area (TPSA) is 30.3 Å². The summed E-state index contributed by atoms with van der Waals surface area (Å²) >= 11 is 0. The van der Waals surface area contributed by atoms with Crippen LogP contribution < -0.4 is 0 Å². The monoisotopic (exact) mass is 251 g/mol. The number of hydrogen-bond donors (Lipinski definition) is 0. The van der Waals surface area contributed by atoms with Crippen LogP contribution in [0.2, 0.25) is 0 Å². The lowest BCUT2D eigenvalue weighted by Crippen LogP contribution is -2.35. The van der Waals surface area contributed by atoms with Crippen LogP contribution in [-0.4, -0.2) is 50.1 Å². The van der Waals surface area contributed by atoms with Gasteiger partial charge < -0.3 is 9.80 Å². The molecule has 1 heterocycles. The van der Waals surface area contributed by atoms with E-state index in [4.69, 9.17) is 5.26 Å². The zero-order valence-electron chi connectivity index (χ0n) is 12.5. The first-order valence-corrected chi connectivity index (χ1v) is 7.29. The molecule has 3 nitrogen and oxygen atoms in total. The summed E-state index contributed by atoms with van der Waals surface area (Å²) < 4.78 is 0. The van der Waals surface area contributed by atoms with Crippen molar-refractivity contribution in [3.05, 3.63) is 0 Å². The van der Waals surface area contributed by atoms with Crippen molar-refractivity contribution in [3.63, 3.8) is 0 Å². The maximum Gasteiger partial charge on any atom is 0.0671 e. The Morgan fingerprint density at radius 2 is 2.17 bits per heavy atom. The van der Waals surface area contributed by atoms with E-state index in [9.17, 15) is 0 Å². The quantitative estimate of drug-likeness (QED) is 0.726. The molecule has 18 heavy (non-hydrogen) atoms. The largest absolute Gasteiger partial charge is 0.306 e. The van der Waals surface area contributed by atoms with Gasteiger partial charge in [-0.1, -0.05) is 13.8 Å². The molecule has 1 fully saturated rings. The molecule has 1 rings (SSSR count). The lowest BCUT2D eigenvalue weighted by molar-refractivity contribution is 0.180. The predicted molar refractivity (Wildman–Crippen MR) is 76.3 cm³/mol. The lowest BCUT2D eigenvalue weighted by Gasteiger charge is -2.31. The van der Waals surface area contributed by atoms with Crippen LogP contribution in [0.1, 0.15) is 33.1 Å². The summed E-state index contributed by atoms with van der Waals surface area (Å²) in [6.07, 6.45) is 4.00. The molecular weight excluding hydrogens is 222 g/mol. The number of likely N-dealkylation sites (tertiary alicyclic amines) is 1. The van der Waals surface area contributed by atoms with E-state index in [1.54, 1.807) is 0 Å². The Morgan fingerprint density at radius 1 is 1.44 bits per heavy atom. The first kappa shape index (κ1) is 15.5. The zero-order valence-corrected chi connectivity index (χ0v) is 12.5. The van der Waals surface area contributed by atoms with E-state index in [-0.39, 0.29) is 5.92 Å². The molecule has 0 aromatic rings. The molecule has 1 aliphatic heterocycles. The van der Waals surface area contributed by atoms with Crippen LogP contribution in [0.5, 0.6) is 0 Å². The van der Waals surface area contributed by atoms with Gasteiger partial charge in [-0.25, -0.2) is 0 Å². The molecule has 0 aliphatic carbocycles. The molecule has 0 N–H and O–H groups in total. The normalized spacial score (nSPS) is 23.3. The molecule has 104 valence electrons. The summed E-state index contributed by atoms with van der Waals surface area (Å²) in [6, 6.07) is 2.43. The molecule has 0 aromatic carbocycles. The van der Waals surface area contributed by atoms with Crippen LogP contribution in [0.15, 0.2) is 0 Å². The number of hydrogen-bond acceptors (Lipinski definition) is 3. The smallest absolute Gasteiger partial charge is 0.0671 e. The Hall–Kier alpha value is -0.590. The minimum absolute atomic E-state index is 0.170. The van der Waals surface area contributed by atoms with Gasteiger partial charge >= 0.3 is 0 Å². The van der Waals surface area contributed by atoms with Crippen molar-refractivity contribution in [2.24, 2.45) is 17.8 Å². The molecule has 3 heteroatoms. The fourth-order valence-corrected chi connectivity index (χ4v) is 2.74. The molecule has 2 atom stereocenters. The summed E-state index contributed by atoms with van der Waals surface area (Å²) in [6.45, 7) is 8.83. The van der Waals surface area contributed by atoms with Gasteiger partial charge in [0.2, 0.25) is 0 Å². The fourth-order valence-electron chi connectivity index (χ4n) is 2.74. The van der Waals surface area contributed by atoms with E-state index in [0.29, 0.717) is 5.92 Å². The first-order chi connectivity index (χ1) is 8.52. The Labute approximate surface area is 113 Å². The van der Waals surface area contributed by atoms with Crippen LogP contribution in [0.3, 0.4) is 0 Å². The van der Waals surface area contributed by atoms with E-state index in [0.717, 1.165) is 19.0 Å². The minimum atomic E-state index is 0.170. The van der Waals surface area contributed by atoms with Crippen molar-refractivity contribution in [1.82, 2.24) is 9.80 Å². The molecular formula is C15H29N3. The van der Waals surface area contributed by atoms with Gasteiger partial charge in [-0.3, -0.25) is 0 Å². The molecule has 1 aliphatic rings. The van der Waals surface area contributed by atoms with Crippen LogP contribution in [0.25, 0.3) is 0 Å². The van der Waals surface area contributed by atoms with Gasteiger partial charge in [-0.2, -0.15) is 5.26 Å². The van der Waals surface area contributed by atoms with Crippen molar-refractivity contribution < 1.29 is 0 Å². The Kier molecular flexibility index (Phi) is 6.67. The molecule has 0 amide bonds. The summed E-state index contributed by atoms with van der Waals surface area (Å²) in [5.74, 6) is 1.48. The van der Waals surface area contributed by atoms with Gasteiger partial charge in [0.1, 0.15) is 0 Å². The van der Waals surface area contributed by atoms with Gasteiger partial charge in [0.05, 0.1) is 12.0 Å². The van der Waals surface area contributed by atoms with Gasteiger partial charge in [-0.05, 0) is 58.3 Å². The molecule has 0 spiro atoms. The average molecular weight is 251 g/mol. The maximum atomic E-state index is 9.11.